The summed E-state index contributed by atoms with van der Waals surface area (Å²) in [5.74, 6) is -0.293. The fourth-order valence-electron chi connectivity index (χ4n) is 1.31. The van der Waals surface area contributed by atoms with Crippen LogP contribution in [0.15, 0.2) is 28.9 Å². The van der Waals surface area contributed by atoms with E-state index in [9.17, 15) is 4.39 Å². The van der Waals surface area contributed by atoms with Crippen LogP contribution in [0.2, 0.25) is 0 Å². The lowest BCUT2D eigenvalue weighted by Gasteiger charge is -2.02. The number of nitrogens with zero attached hydrogens (tertiary/aromatic N) is 3. The Morgan fingerprint density at radius 2 is 2.25 bits per heavy atom. The maximum Gasteiger partial charge on any atom is 0.137 e. The van der Waals surface area contributed by atoms with Gasteiger partial charge < -0.3 is 5.11 Å². The van der Waals surface area contributed by atoms with E-state index in [2.05, 4.69) is 26.2 Å². The Bertz CT molecular complexity index is 501. The zero-order valence-corrected chi connectivity index (χ0v) is 9.85. The van der Waals surface area contributed by atoms with Crippen molar-refractivity contribution in [3.05, 3.63) is 45.9 Å². The van der Waals surface area contributed by atoms with Crippen molar-refractivity contribution in [1.29, 1.82) is 0 Å². The molecule has 4 nitrogen and oxygen atoms in total. The first-order valence-corrected chi connectivity index (χ1v) is 5.42. The van der Waals surface area contributed by atoms with Crippen LogP contribution < -0.4 is 0 Å². The molecule has 1 aromatic heterocycles. The van der Waals surface area contributed by atoms with Gasteiger partial charge in [0.15, 0.2) is 0 Å². The molecule has 0 aliphatic heterocycles. The summed E-state index contributed by atoms with van der Waals surface area (Å²) in [6.45, 7) is 0.360. The van der Waals surface area contributed by atoms with E-state index in [0.29, 0.717) is 16.7 Å². The predicted molar refractivity (Wildman–Crippen MR) is 59.1 cm³/mol. The number of aliphatic hydroxyl groups is 1. The molecule has 2 aromatic rings. The highest BCUT2D eigenvalue weighted by atomic mass is 79.9. The highest BCUT2D eigenvalue weighted by Crippen LogP contribution is 2.17. The summed E-state index contributed by atoms with van der Waals surface area (Å²) < 4.78 is 15.0. The van der Waals surface area contributed by atoms with E-state index in [1.54, 1.807) is 23.0 Å². The van der Waals surface area contributed by atoms with Crippen LogP contribution in [0.5, 0.6) is 0 Å². The van der Waals surface area contributed by atoms with Gasteiger partial charge in [0.05, 0.1) is 23.8 Å². The summed E-state index contributed by atoms with van der Waals surface area (Å²) >= 11 is 3.12. The van der Waals surface area contributed by atoms with Crippen LogP contribution in [0, 0.1) is 5.82 Å². The van der Waals surface area contributed by atoms with Gasteiger partial charge in [-0.15, -0.1) is 5.10 Å². The second kappa shape index (κ2) is 4.71. The summed E-state index contributed by atoms with van der Waals surface area (Å²) in [6.07, 6.45) is 1.65. The van der Waals surface area contributed by atoms with Crippen molar-refractivity contribution in [1.82, 2.24) is 15.0 Å². The van der Waals surface area contributed by atoms with Gasteiger partial charge in [0.25, 0.3) is 0 Å². The molecule has 0 unspecified atom stereocenters. The third-order valence-corrected chi connectivity index (χ3v) is 2.68. The van der Waals surface area contributed by atoms with Crippen molar-refractivity contribution in [3.8, 4) is 0 Å². The molecule has 2 rings (SSSR count). The van der Waals surface area contributed by atoms with E-state index < -0.39 is 0 Å². The molecule has 6 heteroatoms. The van der Waals surface area contributed by atoms with E-state index in [1.807, 2.05) is 0 Å². The topological polar surface area (TPSA) is 50.9 Å². The maximum absolute atomic E-state index is 13.0. The smallest absolute Gasteiger partial charge is 0.137 e. The summed E-state index contributed by atoms with van der Waals surface area (Å²) in [5, 5.41) is 16.4. The molecule has 1 N–H and O–H groups in total. The quantitative estimate of drug-likeness (QED) is 0.934. The van der Waals surface area contributed by atoms with Gasteiger partial charge in [-0.1, -0.05) is 11.3 Å². The van der Waals surface area contributed by atoms with Crippen molar-refractivity contribution in [2.24, 2.45) is 0 Å². The fraction of sp³-hybridized carbons (Fsp3) is 0.200. The third-order valence-electron chi connectivity index (χ3n) is 2.08. The van der Waals surface area contributed by atoms with Gasteiger partial charge in [0, 0.05) is 0 Å². The van der Waals surface area contributed by atoms with E-state index in [4.69, 9.17) is 5.11 Å². The molecular formula is C10H9BrFN3O. The zero-order chi connectivity index (χ0) is 11.5. The van der Waals surface area contributed by atoms with E-state index in [1.165, 1.54) is 6.07 Å². The first kappa shape index (κ1) is 11.2. The third kappa shape index (κ3) is 2.45. The Morgan fingerprint density at radius 1 is 1.44 bits per heavy atom. The van der Waals surface area contributed by atoms with Crippen LogP contribution >= 0.6 is 15.9 Å². The van der Waals surface area contributed by atoms with Gasteiger partial charge in [0.2, 0.25) is 0 Å². The van der Waals surface area contributed by atoms with Gasteiger partial charge in [-0.2, -0.15) is 0 Å². The highest BCUT2D eigenvalue weighted by molar-refractivity contribution is 9.10. The molecule has 16 heavy (non-hydrogen) atoms. The fourth-order valence-corrected chi connectivity index (χ4v) is 1.74. The van der Waals surface area contributed by atoms with Crippen LogP contribution in [-0.4, -0.2) is 20.1 Å². The largest absolute Gasteiger partial charge is 0.390 e. The van der Waals surface area contributed by atoms with E-state index in [-0.39, 0.29) is 12.4 Å². The molecular weight excluding hydrogens is 277 g/mol. The van der Waals surface area contributed by atoms with Crippen molar-refractivity contribution in [3.63, 3.8) is 0 Å². The van der Waals surface area contributed by atoms with Crippen molar-refractivity contribution in [2.45, 2.75) is 13.2 Å². The van der Waals surface area contributed by atoms with E-state index in [0.717, 1.165) is 5.56 Å². The highest BCUT2D eigenvalue weighted by Gasteiger charge is 2.03. The molecule has 1 heterocycles. The van der Waals surface area contributed by atoms with Crippen LogP contribution in [0.1, 0.15) is 11.3 Å². The Hall–Kier alpha value is -1.27. The van der Waals surface area contributed by atoms with Gasteiger partial charge in [-0.25, -0.2) is 9.07 Å². The minimum Gasteiger partial charge on any atom is -0.390 e. The minimum absolute atomic E-state index is 0.132. The average Bonchev–Trinajstić information content (AvgIpc) is 2.71. The van der Waals surface area contributed by atoms with Crippen molar-refractivity contribution < 1.29 is 9.50 Å². The number of aromatic nitrogens is 3. The van der Waals surface area contributed by atoms with Gasteiger partial charge >= 0.3 is 0 Å². The molecule has 0 aliphatic rings. The van der Waals surface area contributed by atoms with Crippen molar-refractivity contribution >= 4 is 15.9 Å². The second-order valence-electron chi connectivity index (χ2n) is 3.31. The first-order valence-electron chi connectivity index (χ1n) is 4.63. The number of halogens is 2. The lowest BCUT2D eigenvalue weighted by Crippen LogP contribution is -2.00. The standard InChI is InChI=1S/C10H9BrFN3O/c11-9-3-7(1-2-10(9)12)4-15-5-8(6-16)13-14-15/h1-3,5,16H,4,6H2. The molecule has 84 valence electrons. The molecule has 0 atom stereocenters. The van der Waals surface area contributed by atoms with Gasteiger partial charge in [-0.05, 0) is 33.6 Å². The summed E-state index contributed by atoms with van der Waals surface area (Å²) in [7, 11) is 0. The summed E-state index contributed by atoms with van der Waals surface area (Å²) in [4.78, 5) is 0. The van der Waals surface area contributed by atoms with Gasteiger partial charge in [-0.3, -0.25) is 0 Å². The number of benzene rings is 1. The van der Waals surface area contributed by atoms with Crippen LogP contribution in [0.25, 0.3) is 0 Å². The molecule has 0 amide bonds. The molecule has 0 bridgehead atoms. The Labute approximate surface area is 99.8 Å². The first-order chi connectivity index (χ1) is 7.69. The number of hydrogen-bond donors (Lipinski definition) is 1. The Kier molecular flexibility index (Phi) is 3.31. The Morgan fingerprint density at radius 3 is 2.88 bits per heavy atom. The predicted octanol–water partition coefficient (Wildman–Crippen LogP) is 1.72. The summed E-state index contributed by atoms with van der Waals surface area (Å²) in [5.41, 5.74) is 1.42. The number of aliphatic hydroxyl groups excluding tert-OH is 1. The molecule has 0 saturated heterocycles. The molecule has 1 aromatic carbocycles. The van der Waals surface area contributed by atoms with Crippen molar-refractivity contribution in [2.75, 3.05) is 0 Å². The molecule has 0 spiro atoms. The van der Waals surface area contributed by atoms with Crippen LogP contribution in [-0.2, 0) is 13.2 Å². The van der Waals surface area contributed by atoms with Crippen LogP contribution in [0.3, 0.4) is 0 Å². The lowest BCUT2D eigenvalue weighted by molar-refractivity contribution is 0.276. The van der Waals surface area contributed by atoms with E-state index >= 15 is 0 Å². The normalized spacial score (nSPS) is 10.7. The molecule has 0 radical (unpaired) electrons. The lowest BCUT2D eigenvalue weighted by atomic mass is 10.2. The maximum atomic E-state index is 13.0. The summed E-state index contributed by atoms with van der Waals surface area (Å²) in [6, 6.07) is 4.76. The van der Waals surface area contributed by atoms with Crippen LogP contribution in [0.4, 0.5) is 4.39 Å². The number of rotatable bonds is 3. The monoisotopic (exact) mass is 285 g/mol. The molecule has 0 aliphatic carbocycles. The zero-order valence-electron chi connectivity index (χ0n) is 8.27. The molecule has 0 saturated carbocycles. The second-order valence-corrected chi connectivity index (χ2v) is 4.17. The molecule has 0 fully saturated rings. The Balaban J connectivity index is 2.17. The SMILES string of the molecule is OCc1cn(Cc2ccc(F)c(Br)c2)nn1. The number of hydrogen-bond acceptors (Lipinski definition) is 3. The minimum atomic E-state index is -0.293. The van der Waals surface area contributed by atoms with Gasteiger partial charge in [0.1, 0.15) is 11.5 Å². The average molecular weight is 286 g/mol.